The van der Waals surface area contributed by atoms with Gasteiger partial charge in [-0.05, 0) is 75.3 Å². The summed E-state index contributed by atoms with van der Waals surface area (Å²) in [6.07, 6.45) is 4.00. The van der Waals surface area contributed by atoms with E-state index >= 15 is 0 Å². The fraction of sp³-hybridized carbons (Fsp3) is 0.429. The number of halogens is 1. The van der Waals surface area contributed by atoms with E-state index < -0.39 is 0 Å². The molecule has 25 heavy (non-hydrogen) atoms. The van der Waals surface area contributed by atoms with Gasteiger partial charge in [-0.15, -0.1) is 0 Å². The van der Waals surface area contributed by atoms with Crippen molar-refractivity contribution in [3.8, 4) is 0 Å². The van der Waals surface area contributed by atoms with Crippen molar-refractivity contribution in [2.75, 3.05) is 49.1 Å². The van der Waals surface area contributed by atoms with Gasteiger partial charge in [-0.3, -0.25) is 0 Å². The van der Waals surface area contributed by atoms with Crippen molar-refractivity contribution in [1.82, 2.24) is 4.90 Å². The van der Waals surface area contributed by atoms with Crippen LogP contribution in [0.2, 0.25) is 5.02 Å². The van der Waals surface area contributed by atoms with Gasteiger partial charge in [0.15, 0.2) is 0 Å². The van der Waals surface area contributed by atoms with E-state index in [1.165, 1.54) is 56.0 Å². The van der Waals surface area contributed by atoms with Crippen LogP contribution in [0.4, 0.5) is 17.1 Å². The maximum absolute atomic E-state index is 6.05. The minimum Gasteiger partial charge on any atom is -0.368 e. The third kappa shape index (κ3) is 3.78. The van der Waals surface area contributed by atoms with E-state index in [4.69, 9.17) is 11.6 Å². The number of rotatable bonds is 5. The maximum Gasteiger partial charge on any atom is 0.0649 e. The molecule has 0 unspecified atom stereocenters. The second-order valence-corrected chi connectivity index (χ2v) is 7.44. The van der Waals surface area contributed by atoms with Gasteiger partial charge in [-0.1, -0.05) is 23.7 Å². The van der Waals surface area contributed by atoms with Gasteiger partial charge in [0, 0.05) is 30.3 Å². The van der Waals surface area contributed by atoms with Crippen molar-refractivity contribution < 1.29 is 0 Å². The number of benzene rings is 2. The van der Waals surface area contributed by atoms with Crippen molar-refractivity contribution in [3.05, 3.63) is 53.6 Å². The van der Waals surface area contributed by atoms with E-state index in [0.717, 1.165) is 24.7 Å². The number of hydrogen-bond acceptors (Lipinski definition) is 3. The Balaban J connectivity index is 1.47. The van der Waals surface area contributed by atoms with E-state index in [-0.39, 0.29) is 0 Å². The summed E-state index contributed by atoms with van der Waals surface area (Å²) < 4.78 is 0. The minimum atomic E-state index is 0.789. The molecule has 2 aliphatic rings. The van der Waals surface area contributed by atoms with Crippen LogP contribution in [0.15, 0.2) is 48.5 Å². The number of nitrogens with zero attached hydrogens (tertiary/aromatic N) is 3. The third-order valence-electron chi connectivity index (χ3n) is 5.35. The van der Waals surface area contributed by atoms with Gasteiger partial charge in [0.2, 0.25) is 0 Å². The van der Waals surface area contributed by atoms with Gasteiger partial charge in [0.1, 0.15) is 0 Å². The molecule has 3 nitrogen and oxygen atoms in total. The predicted octanol–water partition coefficient (Wildman–Crippen LogP) is 4.78. The Hall–Kier alpha value is -1.71. The lowest BCUT2D eigenvalue weighted by Crippen LogP contribution is -2.40. The molecule has 0 radical (unpaired) electrons. The van der Waals surface area contributed by atoms with Gasteiger partial charge < -0.3 is 14.7 Å². The molecular formula is C21H26ClN3. The molecule has 2 aromatic carbocycles. The summed E-state index contributed by atoms with van der Waals surface area (Å²) >= 11 is 6.05. The molecule has 1 saturated heterocycles. The smallest absolute Gasteiger partial charge is 0.0649 e. The minimum absolute atomic E-state index is 0.789. The fourth-order valence-corrected chi connectivity index (χ4v) is 4.16. The van der Waals surface area contributed by atoms with E-state index in [1.807, 2.05) is 12.1 Å². The molecule has 0 N–H and O–H groups in total. The monoisotopic (exact) mass is 355 g/mol. The first-order chi connectivity index (χ1) is 12.3. The summed E-state index contributed by atoms with van der Waals surface area (Å²) in [5.74, 6) is 0. The highest BCUT2D eigenvalue weighted by Crippen LogP contribution is 2.37. The first-order valence-corrected chi connectivity index (χ1v) is 9.78. The van der Waals surface area contributed by atoms with Gasteiger partial charge in [-0.25, -0.2) is 0 Å². The zero-order valence-corrected chi connectivity index (χ0v) is 15.5. The molecule has 0 atom stereocenters. The average molecular weight is 356 g/mol. The highest BCUT2D eigenvalue weighted by Gasteiger charge is 2.23. The first-order valence-electron chi connectivity index (χ1n) is 9.41. The van der Waals surface area contributed by atoms with Crippen LogP contribution in [0.5, 0.6) is 0 Å². The molecular weight excluding hydrogens is 330 g/mol. The van der Waals surface area contributed by atoms with E-state index in [1.54, 1.807) is 0 Å². The summed E-state index contributed by atoms with van der Waals surface area (Å²) in [4.78, 5) is 7.57. The zero-order valence-electron chi connectivity index (χ0n) is 14.7. The normalized spacial score (nSPS) is 17.8. The highest BCUT2D eigenvalue weighted by molar-refractivity contribution is 6.30. The molecule has 0 bridgehead atoms. The van der Waals surface area contributed by atoms with Crippen LogP contribution in [0.3, 0.4) is 0 Å². The predicted molar refractivity (Wildman–Crippen MR) is 107 cm³/mol. The number of anilines is 3. The molecule has 0 spiro atoms. The molecule has 0 saturated carbocycles. The van der Waals surface area contributed by atoms with Crippen LogP contribution in [-0.4, -0.2) is 44.2 Å². The van der Waals surface area contributed by atoms with Crippen LogP contribution in [-0.2, 0) is 0 Å². The van der Waals surface area contributed by atoms with Crippen molar-refractivity contribution in [2.24, 2.45) is 0 Å². The molecule has 2 aromatic rings. The second kappa shape index (κ2) is 7.67. The molecule has 0 aliphatic carbocycles. The van der Waals surface area contributed by atoms with Crippen LogP contribution >= 0.6 is 11.6 Å². The Morgan fingerprint density at radius 1 is 0.760 bits per heavy atom. The summed E-state index contributed by atoms with van der Waals surface area (Å²) in [6, 6.07) is 16.9. The molecule has 132 valence electrons. The lowest BCUT2D eigenvalue weighted by molar-refractivity contribution is 0.334. The van der Waals surface area contributed by atoms with E-state index in [0.29, 0.717) is 0 Å². The van der Waals surface area contributed by atoms with Crippen LogP contribution in [0.25, 0.3) is 0 Å². The second-order valence-electron chi connectivity index (χ2n) is 7.01. The summed E-state index contributed by atoms with van der Waals surface area (Å²) in [5, 5.41) is 0.789. The maximum atomic E-state index is 6.05. The van der Waals surface area contributed by atoms with Crippen molar-refractivity contribution >= 4 is 28.7 Å². The number of para-hydroxylation sites is 2. The Bertz CT molecular complexity index is 695. The Morgan fingerprint density at radius 3 is 2.24 bits per heavy atom. The highest BCUT2D eigenvalue weighted by atomic mass is 35.5. The lowest BCUT2D eigenvalue weighted by atomic mass is 10.1. The van der Waals surface area contributed by atoms with Gasteiger partial charge in [0.25, 0.3) is 0 Å². The Morgan fingerprint density at radius 2 is 1.48 bits per heavy atom. The molecule has 1 fully saturated rings. The third-order valence-corrected chi connectivity index (χ3v) is 5.60. The van der Waals surface area contributed by atoms with Crippen molar-refractivity contribution in [3.63, 3.8) is 0 Å². The molecule has 0 amide bonds. The van der Waals surface area contributed by atoms with Crippen LogP contribution in [0, 0.1) is 0 Å². The summed E-state index contributed by atoms with van der Waals surface area (Å²) in [6.45, 7) is 7.05. The fourth-order valence-electron chi connectivity index (χ4n) is 4.03. The zero-order chi connectivity index (χ0) is 17.1. The van der Waals surface area contributed by atoms with Crippen molar-refractivity contribution in [1.29, 1.82) is 0 Å². The largest absolute Gasteiger partial charge is 0.368 e. The van der Waals surface area contributed by atoms with Gasteiger partial charge >= 0.3 is 0 Å². The molecule has 4 heteroatoms. The average Bonchev–Trinajstić information content (AvgIpc) is 3.16. The topological polar surface area (TPSA) is 9.72 Å². The lowest BCUT2D eigenvalue weighted by Gasteiger charge is -2.39. The summed E-state index contributed by atoms with van der Waals surface area (Å²) in [5.41, 5.74) is 3.87. The number of hydrogen-bond donors (Lipinski definition) is 0. The van der Waals surface area contributed by atoms with Crippen molar-refractivity contribution in [2.45, 2.75) is 19.3 Å². The molecule has 0 aromatic heterocycles. The van der Waals surface area contributed by atoms with Gasteiger partial charge in [-0.2, -0.15) is 0 Å². The van der Waals surface area contributed by atoms with Gasteiger partial charge in [0.05, 0.1) is 11.4 Å². The van der Waals surface area contributed by atoms with E-state index in [9.17, 15) is 0 Å². The quantitative estimate of drug-likeness (QED) is 0.763. The first kappa shape index (κ1) is 16.7. The van der Waals surface area contributed by atoms with Crippen LogP contribution < -0.4 is 9.80 Å². The van der Waals surface area contributed by atoms with Crippen LogP contribution in [0.1, 0.15) is 19.3 Å². The molecule has 4 rings (SSSR count). The Kier molecular flexibility index (Phi) is 5.14. The molecule has 2 aliphatic heterocycles. The number of likely N-dealkylation sites (tertiary alicyclic amines) is 1. The van der Waals surface area contributed by atoms with E-state index in [2.05, 4.69) is 51.1 Å². The summed E-state index contributed by atoms with van der Waals surface area (Å²) in [7, 11) is 0. The molecule has 2 heterocycles. The number of fused-ring (bicyclic) bond motifs is 1. The standard InChI is InChI=1S/C21H26ClN3/c22-18-8-10-19(11-9-18)25-17-16-24(20-6-1-2-7-21(20)25)15-5-14-23-12-3-4-13-23/h1-2,6-11H,3-5,12-17H2. The SMILES string of the molecule is Clc1ccc(N2CCN(CCCN3CCCC3)c3ccccc32)cc1. The Labute approximate surface area is 155 Å².